The van der Waals surface area contributed by atoms with Gasteiger partial charge >= 0.3 is 12.0 Å². The molecule has 0 radical (unpaired) electrons. The summed E-state index contributed by atoms with van der Waals surface area (Å²) in [4.78, 5) is 49.8. The van der Waals surface area contributed by atoms with Crippen molar-refractivity contribution < 1.29 is 19.2 Å². The number of carbonyl (C=O) groups excluding carboxylic acids is 3. The fourth-order valence-electron chi connectivity index (χ4n) is 2.65. The molecule has 10 heteroatoms. The van der Waals surface area contributed by atoms with Crippen molar-refractivity contribution in [2.45, 2.75) is 19.5 Å². The van der Waals surface area contributed by atoms with E-state index in [1.165, 1.54) is 12.4 Å². The van der Waals surface area contributed by atoms with Gasteiger partial charge in [-0.2, -0.15) is 5.43 Å². The zero-order chi connectivity index (χ0) is 19.6. The van der Waals surface area contributed by atoms with Gasteiger partial charge in [-0.1, -0.05) is 44.2 Å². The summed E-state index contributed by atoms with van der Waals surface area (Å²) in [6.45, 7) is 3.30. The van der Waals surface area contributed by atoms with Crippen LogP contribution in [0.1, 0.15) is 24.2 Å². The van der Waals surface area contributed by atoms with Gasteiger partial charge in [0.1, 0.15) is 0 Å². The van der Waals surface area contributed by atoms with Gasteiger partial charge in [0, 0.05) is 23.9 Å². The third-order valence-corrected chi connectivity index (χ3v) is 4.17. The Morgan fingerprint density at radius 2 is 1.81 bits per heavy atom. The number of urea groups is 1. The Bertz CT molecular complexity index is 871. The summed E-state index contributed by atoms with van der Waals surface area (Å²) in [5, 5.41) is 0.605. The molecule has 1 atom stereocenters. The first-order valence-corrected chi connectivity index (χ1v) is 8.13. The molecule has 1 fully saturated rings. The molecule has 1 saturated heterocycles. The van der Waals surface area contributed by atoms with Gasteiger partial charge in [-0.05, 0) is 0 Å². The molecule has 0 spiro atoms. The third kappa shape index (κ3) is 3.17. The molecule has 140 valence electrons. The smallest absolute Gasteiger partial charge is 0.366 e. The second kappa shape index (κ2) is 7.00. The third-order valence-electron chi connectivity index (χ3n) is 4.17. The van der Waals surface area contributed by atoms with Gasteiger partial charge in [-0.15, -0.1) is 5.06 Å². The van der Waals surface area contributed by atoms with Crippen LogP contribution in [-0.4, -0.2) is 38.6 Å². The van der Waals surface area contributed by atoms with Crippen molar-refractivity contribution in [2.75, 3.05) is 0 Å². The number of nitrogens with zero attached hydrogens (tertiary/aromatic N) is 3. The molecule has 0 bridgehead atoms. The lowest BCUT2D eigenvalue weighted by Crippen LogP contribution is -2.65. The minimum atomic E-state index is -1.71. The second-order valence-electron chi connectivity index (χ2n) is 6.17. The van der Waals surface area contributed by atoms with E-state index in [1.54, 1.807) is 13.8 Å². The van der Waals surface area contributed by atoms with E-state index in [1.807, 2.05) is 30.3 Å². The van der Waals surface area contributed by atoms with Crippen LogP contribution in [0, 0.1) is 5.92 Å². The average molecular weight is 370 g/mol. The SMILES string of the molecule is CC(C)C1(C(N)=O)NNC(=O)N1OC(=O)c1cnc(-c2ccccc2)nc1. The van der Waals surface area contributed by atoms with E-state index in [0.29, 0.717) is 10.9 Å². The van der Waals surface area contributed by atoms with E-state index in [2.05, 4.69) is 20.8 Å². The van der Waals surface area contributed by atoms with E-state index in [-0.39, 0.29) is 5.56 Å². The van der Waals surface area contributed by atoms with Crippen molar-refractivity contribution in [3.8, 4) is 11.4 Å². The number of benzene rings is 1. The van der Waals surface area contributed by atoms with Gasteiger partial charge in [0.2, 0.25) is 5.66 Å². The summed E-state index contributed by atoms with van der Waals surface area (Å²) in [5.74, 6) is -1.83. The molecule has 10 nitrogen and oxygen atoms in total. The number of primary amides is 1. The molecule has 3 rings (SSSR count). The number of hydrazine groups is 1. The maximum atomic E-state index is 12.4. The Balaban J connectivity index is 1.82. The number of aromatic nitrogens is 2. The highest BCUT2D eigenvalue weighted by Gasteiger charge is 2.56. The van der Waals surface area contributed by atoms with Crippen molar-refractivity contribution in [2.24, 2.45) is 11.7 Å². The molecule has 3 amide bonds. The van der Waals surface area contributed by atoms with E-state index in [9.17, 15) is 14.4 Å². The molecule has 1 aliphatic heterocycles. The van der Waals surface area contributed by atoms with Gasteiger partial charge in [0.15, 0.2) is 5.82 Å². The lowest BCUT2D eigenvalue weighted by Gasteiger charge is -2.34. The summed E-state index contributed by atoms with van der Waals surface area (Å²) in [5.41, 5.74) is 9.26. The van der Waals surface area contributed by atoms with Crippen LogP contribution in [0.25, 0.3) is 11.4 Å². The number of nitrogens with two attached hydrogens (primary N) is 1. The summed E-state index contributed by atoms with van der Waals surface area (Å²) in [6.07, 6.45) is 2.56. The Morgan fingerprint density at radius 3 is 2.37 bits per heavy atom. The Labute approximate surface area is 154 Å². The number of amides is 3. The number of nitrogens with one attached hydrogen (secondary N) is 2. The number of rotatable bonds is 5. The zero-order valence-corrected chi connectivity index (χ0v) is 14.7. The van der Waals surface area contributed by atoms with Crippen LogP contribution in [0.4, 0.5) is 4.79 Å². The fraction of sp³-hybridized carbons (Fsp3) is 0.235. The number of hydroxylamine groups is 2. The summed E-state index contributed by atoms with van der Waals surface area (Å²) < 4.78 is 0. The van der Waals surface area contributed by atoms with Gasteiger partial charge < -0.3 is 10.6 Å². The van der Waals surface area contributed by atoms with Crippen molar-refractivity contribution in [1.82, 2.24) is 25.9 Å². The van der Waals surface area contributed by atoms with Gasteiger partial charge in [0.25, 0.3) is 5.91 Å². The lowest BCUT2D eigenvalue weighted by atomic mass is 9.96. The van der Waals surface area contributed by atoms with E-state index < -0.39 is 29.5 Å². The molecule has 27 heavy (non-hydrogen) atoms. The first-order valence-electron chi connectivity index (χ1n) is 8.13. The van der Waals surface area contributed by atoms with Crippen LogP contribution in [0.2, 0.25) is 0 Å². The highest BCUT2D eigenvalue weighted by molar-refractivity contribution is 5.94. The number of carbonyl (C=O) groups is 3. The van der Waals surface area contributed by atoms with Crippen LogP contribution < -0.4 is 16.6 Å². The lowest BCUT2D eigenvalue weighted by molar-refractivity contribution is -0.165. The van der Waals surface area contributed by atoms with Crippen LogP contribution in [-0.2, 0) is 9.63 Å². The summed E-state index contributed by atoms with van der Waals surface area (Å²) in [7, 11) is 0. The van der Waals surface area contributed by atoms with Crippen molar-refractivity contribution >= 4 is 17.9 Å². The Kier molecular flexibility index (Phi) is 4.74. The highest BCUT2D eigenvalue weighted by Crippen LogP contribution is 2.26. The molecule has 2 aromatic rings. The fourth-order valence-corrected chi connectivity index (χ4v) is 2.65. The van der Waals surface area contributed by atoms with E-state index in [4.69, 9.17) is 10.6 Å². The maximum absolute atomic E-state index is 12.4. The normalized spacial score (nSPS) is 19.1. The quantitative estimate of drug-likeness (QED) is 0.699. The van der Waals surface area contributed by atoms with Crippen molar-refractivity contribution in [3.05, 3.63) is 48.3 Å². The highest BCUT2D eigenvalue weighted by atomic mass is 16.7. The zero-order valence-electron chi connectivity index (χ0n) is 14.7. The maximum Gasteiger partial charge on any atom is 0.367 e. The first kappa shape index (κ1) is 18.3. The molecular weight excluding hydrogens is 352 g/mol. The second-order valence-corrected chi connectivity index (χ2v) is 6.17. The first-order chi connectivity index (χ1) is 12.9. The molecule has 2 heterocycles. The molecule has 1 aromatic carbocycles. The Hall–Kier alpha value is -3.53. The number of hydrogen-bond acceptors (Lipinski definition) is 7. The Morgan fingerprint density at radius 1 is 1.19 bits per heavy atom. The predicted octanol–water partition coefficient (Wildman–Crippen LogP) is 0.583. The van der Waals surface area contributed by atoms with Gasteiger partial charge in [-0.25, -0.2) is 19.6 Å². The van der Waals surface area contributed by atoms with Crippen LogP contribution >= 0.6 is 0 Å². The molecular formula is C17H18N6O4. The average Bonchev–Trinajstić information content (AvgIpc) is 3.00. The van der Waals surface area contributed by atoms with Crippen molar-refractivity contribution in [3.63, 3.8) is 0 Å². The molecule has 4 N–H and O–H groups in total. The monoisotopic (exact) mass is 370 g/mol. The summed E-state index contributed by atoms with van der Waals surface area (Å²) in [6, 6.07) is 8.39. The molecule has 1 aliphatic rings. The molecule has 0 aliphatic carbocycles. The van der Waals surface area contributed by atoms with Crippen molar-refractivity contribution in [1.29, 1.82) is 0 Å². The van der Waals surface area contributed by atoms with Crippen LogP contribution in [0.3, 0.4) is 0 Å². The minimum absolute atomic E-state index is 0.0107. The van der Waals surface area contributed by atoms with Crippen LogP contribution in [0.15, 0.2) is 42.7 Å². The van der Waals surface area contributed by atoms with E-state index in [0.717, 1.165) is 5.56 Å². The largest absolute Gasteiger partial charge is 0.367 e. The van der Waals surface area contributed by atoms with E-state index >= 15 is 0 Å². The molecule has 1 aromatic heterocycles. The molecule has 0 saturated carbocycles. The number of hydrogen-bond donors (Lipinski definition) is 3. The topological polar surface area (TPSA) is 140 Å². The minimum Gasteiger partial charge on any atom is -0.366 e. The molecule has 1 unspecified atom stereocenters. The van der Waals surface area contributed by atoms with Gasteiger partial charge in [-0.3, -0.25) is 10.2 Å². The predicted molar refractivity (Wildman–Crippen MR) is 93.2 cm³/mol. The van der Waals surface area contributed by atoms with Gasteiger partial charge in [0.05, 0.1) is 5.56 Å². The summed E-state index contributed by atoms with van der Waals surface area (Å²) >= 11 is 0. The standard InChI is InChI=1S/C17H18N6O4/c1-10(2)17(15(18)25)22-21-16(26)23(17)27-14(24)12-8-19-13(20-9-12)11-6-4-3-5-7-11/h3-10,22H,1-2H3,(H2,18,25)(H,21,26). The van der Waals surface area contributed by atoms with Crippen LogP contribution in [0.5, 0.6) is 0 Å².